The predicted octanol–water partition coefficient (Wildman–Crippen LogP) is 2.93. The zero-order valence-corrected chi connectivity index (χ0v) is 18.1. The van der Waals surface area contributed by atoms with Gasteiger partial charge in [-0.3, -0.25) is 29.3 Å². The first kappa shape index (κ1) is 25.3. The van der Waals surface area contributed by atoms with Gasteiger partial charge in [0.05, 0.1) is 21.4 Å². The topological polar surface area (TPSA) is 195 Å². The van der Waals surface area contributed by atoms with Gasteiger partial charge in [-0.05, 0) is 24.0 Å². The fourth-order valence-corrected chi connectivity index (χ4v) is 5.07. The van der Waals surface area contributed by atoms with Crippen molar-refractivity contribution in [3.63, 3.8) is 0 Å². The minimum Gasteiger partial charge on any atom is -0.286 e. The molecular weight excluding hydrogens is 468 g/mol. The molecule has 12 nitrogen and oxygen atoms in total. The maximum absolute atomic E-state index is 11.5. The molecular formula is C18H20N2O10S2. The van der Waals surface area contributed by atoms with Gasteiger partial charge in [0.2, 0.25) is 0 Å². The summed E-state index contributed by atoms with van der Waals surface area (Å²) in [5.41, 5.74) is 0.328. The number of nitrogens with zero attached hydrogens (tertiary/aromatic N) is 2. The molecule has 0 aromatic heterocycles. The molecule has 2 atom stereocenters. The van der Waals surface area contributed by atoms with Crippen LogP contribution in [0.15, 0.2) is 48.5 Å². The molecule has 0 heterocycles. The summed E-state index contributed by atoms with van der Waals surface area (Å²) in [6, 6.07) is 10.1. The number of hydrogen-bond acceptors (Lipinski definition) is 8. The number of benzene rings is 2. The number of nitro benzene ring substituents is 2. The van der Waals surface area contributed by atoms with E-state index in [0.717, 1.165) is 0 Å². The summed E-state index contributed by atoms with van der Waals surface area (Å²) < 4.78 is 64.5. The third kappa shape index (κ3) is 7.96. The lowest BCUT2D eigenvalue weighted by Crippen LogP contribution is -2.18. The van der Waals surface area contributed by atoms with Gasteiger partial charge in [0.15, 0.2) is 0 Å². The van der Waals surface area contributed by atoms with Crippen molar-refractivity contribution in [1.82, 2.24) is 0 Å². The molecule has 0 bridgehead atoms. The van der Waals surface area contributed by atoms with Crippen LogP contribution in [0.2, 0.25) is 0 Å². The van der Waals surface area contributed by atoms with Crippen LogP contribution in [-0.2, 0) is 20.2 Å². The lowest BCUT2D eigenvalue weighted by molar-refractivity contribution is -0.385. The highest BCUT2D eigenvalue weighted by Crippen LogP contribution is 2.31. The van der Waals surface area contributed by atoms with E-state index >= 15 is 0 Å². The minimum absolute atomic E-state index is 0.0365. The third-order valence-electron chi connectivity index (χ3n) is 4.84. The van der Waals surface area contributed by atoms with Crippen LogP contribution in [-0.4, -0.2) is 47.3 Å². The summed E-state index contributed by atoms with van der Waals surface area (Å²) in [7, 11) is -8.87. The number of hydrogen-bond donors (Lipinski definition) is 2. The zero-order valence-electron chi connectivity index (χ0n) is 16.5. The monoisotopic (exact) mass is 488 g/mol. The smallest absolute Gasteiger partial charge is 0.269 e. The van der Waals surface area contributed by atoms with Gasteiger partial charge in [0, 0.05) is 36.1 Å². The molecule has 0 radical (unpaired) electrons. The van der Waals surface area contributed by atoms with Gasteiger partial charge >= 0.3 is 0 Å². The number of non-ortho nitro benzene ring substituents is 2. The van der Waals surface area contributed by atoms with Crippen LogP contribution >= 0.6 is 0 Å². The SMILES string of the molecule is O=[N+]([O-])c1ccc(C(CC[C@@H](CS(=O)(=O)O)c2ccc([N+](=O)[O-])cc2)CS(=O)(=O)O)cc1. The van der Waals surface area contributed by atoms with Crippen LogP contribution in [0, 0.1) is 20.2 Å². The summed E-state index contributed by atoms with van der Waals surface area (Å²) in [6.07, 6.45) is 0.0730. The van der Waals surface area contributed by atoms with E-state index in [0.29, 0.717) is 11.1 Å². The van der Waals surface area contributed by atoms with Gasteiger partial charge in [-0.2, -0.15) is 16.8 Å². The van der Waals surface area contributed by atoms with Crippen LogP contribution in [0.5, 0.6) is 0 Å². The van der Waals surface area contributed by atoms with Crippen LogP contribution in [0.1, 0.15) is 35.8 Å². The van der Waals surface area contributed by atoms with E-state index in [-0.39, 0.29) is 24.2 Å². The molecule has 2 N–H and O–H groups in total. The van der Waals surface area contributed by atoms with Crippen molar-refractivity contribution in [2.24, 2.45) is 0 Å². The molecule has 0 fully saturated rings. The third-order valence-corrected chi connectivity index (χ3v) is 6.49. The average molecular weight is 488 g/mol. The van der Waals surface area contributed by atoms with Gasteiger partial charge in [0.1, 0.15) is 0 Å². The molecule has 0 spiro atoms. The summed E-state index contributed by atoms with van der Waals surface area (Å²) in [6.45, 7) is 0. The van der Waals surface area contributed by atoms with E-state index in [9.17, 15) is 46.2 Å². The first-order chi connectivity index (χ1) is 14.7. The lowest BCUT2D eigenvalue weighted by atomic mass is 9.89. The van der Waals surface area contributed by atoms with Gasteiger partial charge in [-0.15, -0.1) is 0 Å². The molecule has 2 aromatic rings. The Bertz CT molecular complexity index is 1080. The molecule has 0 saturated heterocycles. The van der Waals surface area contributed by atoms with Crippen molar-refractivity contribution in [2.45, 2.75) is 24.7 Å². The minimum atomic E-state index is -4.44. The quantitative estimate of drug-likeness (QED) is 0.269. The molecule has 0 amide bonds. The number of rotatable bonds is 11. The van der Waals surface area contributed by atoms with Crippen molar-refractivity contribution in [1.29, 1.82) is 0 Å². The predicted molar refractivity (Wildman–Crippen MR) is 114 cm³/mol. The summed E-state index contributed by atoms with van der Waals surface area (Å²) >= 11 is 0. The van der Waals surface area contributed by atoms with Gasteiger partial charge in [-0.1, -0.05) is 24.3 Å². The van der Waals surface area contributed by atoms with Gasteiger partial charge in [-0.25, -0.2) is 0 Å². The van der Waals surface area contributed by atoms with E-state index in [1.165, 1.54) is 48.5 Å². The normalized spacial score (nSPS) is 13.9. The Hall–Kier alpha value is -2.94. The van der Waals surface area contributed by atoms with E-state index < -0.39 is 53.4 Å². The van der Waals surface area contributed by atoms with Crippen LogP contribution in [0.25, 0.3) is 0 Å². The average Bonchev–Trinajstić information content (AvgIpc) is 2.68. The molecule has 0 aliphatic carbocycles. The second-order valence-corrected chi connectivity index (χ2v) is 10.2. The molecule has 1 unspecified atom stereocenters. The van der Waals surface area contributed by atoms with Crippen LogP contribution in [0.4, 0.5) is 11.4 Å². The Balaban J connectivity index is 2.31. The highest BCUT2D eigenvalue weighted by Gasteiger charge is 2.25. The Kier molecular flexibility index (Phi) is 8.01. The van der Waals surface area contributed by atoms with Crippen LogP contribution < -0.4 is 0 Å². The van der Waals surface area contributed by atoms with E-state index in [1.807, 2.05) is 0 Å². The standard InChI is InChI=1S/C18H20N2O10S2/c21-19(22)17-7-3-13(4-8-17)15(11-31(25,26)27)1-2-16(12-32(28,29)30)14-5-9-18(10-6-14)20(23)24/h3-10,15-16H,1-2,11-12H2,(H,25,26,27)(H,28,29,30)/t15-,16?/m0/s1. The first-order valence-corrected chi connectivity index (χ1v) is 12.4. The van der Waals surface area contributed by atoms with E-state index in [1.54, 1.807) is 0 Å². The van der Waals surface area contributed by atoms with E-state index in [4.69, 9.17) is 0 Å². The van der Waals surface area contributed by atoms with Crippen molar-refractivity contribution in [2.75, 3.05) is 11.5 Å². The van der Waals surface area contributed by atoms with Crippen LogP contribution in [0.3, 0.4) is 0 Å². The van der Waals surface area contributed by atoms with Crippen molar-refractivity contribution < 1.29 is 35.8 Å². The molecule has 32 heavy (non-hydrogen) atoms. The largest absolute Gasteiger partial charge is 0.286 e. The molecule has 0 saturated carbocycles. The van der Waals surface area contributed by atoms with Gasteiger partial charge < -0.3 is 0 Å². The highest BCUT2D eigenvalue weighted by molar-refractivity contribution is 7.86. The Labute approximate surface area is 183 Å². The molecule has 14 heteroatoms. The Morgan fingerprint density at radius 1 is 0.656 bits per heavy atom. The molecule has 174 valence electrons. The molecule has 0 aliphatic rings. The fraction of sp³-hybridized carbons (Fsp3) is 0.333. The molecule has 2 rings (SSSR count). The zero-order chi connectivity index (χ0) is 24.1. The van der Waals surface area contributed by atoms with Gasteiger partial charge in [0.25, 0.3) is 31.6 Å². The number of nitro groups is 2. The molecule has 2 aromatic carbocycles. The maximum atomic E-state index is 11.5. The Morgan fingerprint density at radius 3 is 1.16 bits per heavy atom. The summed E-state index contributed by atoms with van der Waals surface area (Å²) in [5, 5.41) is 21.7. The lowest BCUT2D eigenvalue weighted by Gasteiger charge is -2.21. The van der Waals surface area contributed by atoms with Crippen molar-refractivity contribution in [3.8, 4) is 0 Å². The fourth-order valence-electron chi connectivity index (χ4n) is 3.34. The van der Waals surface area contributed by atoms with Crippen molar-refractivity contribution in [3.05, 3.63) is 79.9 Å². The Morgan fingerprint density at radius 2 is 0.938 bits per heavy atom. The summed E-state index contributed by atoms with van der Waals surface area (Å²) in [5.74, 6) is -3.06. The second kappa shape index (κ2) is 10.1. The first-order valence-electron chi connectivity index (χ1n) is 9.14. The maximum Gasteiger partial charge on any atom is 0.269 e. The highest BCUT2D eigenvalue weighted by atomic mass is 32.2. The molecule has 0 aliphatic heterocycles. The second-order valence-electron chi connectivity index (χ2n) is 7.17. The van der Waals surface area contributed by atoms with E-state index in [2.05, 4.69) is 0 Å². The summed E-state index contributed by atoms with van der Waals surface area (Å²) in [4.78, 5) is 20.4. The van der Waals surface area contributed by atoms with Crippen molar-refractivity contribution >= 4 is 31.6 Å².